The van der Waals surface area contributed by atoms with Gasteiger partial charge in [0.2, 0.25) is 15.9 Å². The fourth-order valence-corrected chi connectivity index (χ4v) is 5.33. The van der Waals surface area contributed by atoms with Crippen LogP contribution in [0.15, 0.2) is 84.9 Å². The highest BCUT2D eigenvalue weighted by atomic mass is 32.2. The van der Waals surface area contributed by atoms with Crippen molar-refractivity contribution in [1.29, 1.82) is 0 Å². The lowest BCUT2D eigenvalue weighted by Gasteiger charge is -2.32. The van der Waals surface area contributed by atoms with Crippen LogP contribution in [0.25, 0.3) is 10.9 Å². The van der Waals surface area contributed by atoms with Gasteiger partial charge in [0.15, 0.2) is 0 Å². The van der Waals surface area contributed by atoms with E-state index in [2.05, 4.69) is 16.7 Å². The van der Waals surface area contributed by atoms with Gasteiger partial charge in [0.25, 0.3) is 0 Å². The van der Waals surface area contributed by atoms with E-state index >= 15 is 0 Å². The zero-order valence-corrected chi connectivity index (χ0v) is 17.9. The van der Waals surface area contributed by atoms with Crippen LogP contribution in [-0.2, 0) is 27.9 Å². The van der Waals surface area contributed by atoms with Gasteiger partial charge in [-0.15, -0.1) is 0 Å². The molecule has 2 heterocycles. The number of fused-ring (bicyclic) bond motifs is 3. The molecule has 0 radical (unpaired) electrons. The van der Waals surface area contributed by atoms with E-state index in [1.807, 2.05) is 72.8 Å². The minimum Gasteiger partial charge on any atom is -0.338 e. The van der Waals surface area contributed by atoms with E-state index in [-0.39, 0.29) is 6.54 Å². The van der Waals surface area contributed by atoms with Crippen LogP contribution < -0.4 is 0 Å². The number of carbonyl (C=O) groups is 1. The Labute approximate surface area is 181 Å². The van der Waals surface area contributed by atoms with Crippen LogP contribution in [0.4, 0.5) is 0 Å². The molecule has 1 aliphatic heterocycles. The molecule has 4 aromatic rings. The van der Waals surface area contributed by atoms with E-state index in [0.29, 0.717) is 6.54 Å². The van der Waals surface area contributed by atoms with Crippen LogP contribution in [0.1, 0.15) is 28.3 Å². The SMILES string of the molecule is CS(=O)(=O)N1Cc2c(c3ccccc3n2Cc2ccccc2)C(c2ccccc2)C1=O. The molecule has 0 N–H and O–H groups in total. The first-order chi connectivity index (χ1) is 14.9. The quantitative estimate of drug-likeness (QED) is 0.489. The van der Waals surface area contributed by atoms with Crippen molar-refractivity contribution in [2.75, 3.05) is 6.26 Å². The summed E-state index contributed by atoms with van der Waals surface area (Å²) in [5.41, 5.74) is 4.68. The Morgan fingerprint density at radius 3 is 2.16 bits per heavy atom. The van der Waals surface area contributed by atoms with Crippen molar-refractivity contribution in [3.8, 4) is 0 Å². The summed E-state index contributed by atoms with van der Waals surface area (Å²) in [4.78, 5) is 13.5. The third-order valence-electron chi connectivity index (χ3n) is 5.91. The molecule has 5 nitrogen and oxygen atoms in total. The van der Waals surface area contributed by atoms with Crippen molar-refractivity contribution in [2.24, 2.45) is 0 Å². The summed E-state index contributed by atoms with van der Waals surface area (Å²) < 4.78 is 28.3. The van der Waals surface area contributed by atoms with Crippen molar-refractivity contribution in [2.45, 2.75) is 19.0 Å². The molecule has 0 aliphatic carbocycles. The molecule has 5 rings (SSSR count). The molecular formula is C25H22N2O3S. The van der Waals surface area contributed by atoms with Crippen LogP contribution in [0.3, 0.4) is 0 Å². The van der Waals surface area contributed by atoms with Crippen molar-refractivity contribution in [1.82, 2.24) is 8.87 Å². The molecule has 156 valence electrons. The van der Waals surface area contributed by atoms with Gasteiger partial charge < -0.3 is 4.57 Å². The van der Waals surface area contributed by atoms with Crippen molar-refractivity contribution < 1.29 is 13.2 Å². The van der Waals surface area contributed by atoms with Gasteiger partial charge >= 0.3 is 0 Å². The summed E-state index contributed by atoms with van der Waals surface area (Å²) in [6, 6.07) is 27.5. The van der Waals surface area contributed by atoms with Crippen LogP contribution in [0, 0.1) is 0 Å². The van der Waals surface area contributed by atoms with Gasteiger partial charge in [0, 0.05) is 23.1 Å². The average Bonchev–Trinajstić information content (AvgIpc) is 3.07. The summed E-state index contributed by atoms with van der Waals surface area (Å²) in [6.07, 6.45) is 1.10. The topological polar surface area (TPSA) is 59.4 Å². The number of hydrogen-bond donors (Lipinski definition) is 0. The summed E-state index contributed by atoms with van der Waals surface area (Å²) in [7, 11) is -3.72. The Bertz CT molecular complexity index is 1380. The molecule has 1 aliphatic rings. The third kappa shape index (κ3) is 3.33. The second-order valence-electron chi connectivity index (χ2n) is 7.90. The Balaban J connectivity index is 1.80. The molecule has 0 bridgehead atoms. The van der Waals surface area contributed by atoms with E-state index in [1.54, 1.807) is 0 Å². The molecule has 3 aromatic carbocycles. The van der Waals surface area contributed by atoms with Gasteiger partial charge in [-0.05, 0) is 22.8 Å². The molecule has 0 saturated heterocycles. The molecule has 1 atom stereocenters. The van der Waals surface area contributed by atoms with Crippen molar-refractivity contribution in [3.63, 3.8) is 0 Å². The summed E-state index contributed by atoms with van der Waals surface area (Å²) >= 11 is 0. The number of amides is 1. The van der Waals surface area contributed by atoms with Gasteiger partial charge in [-0.1, -0.05) is 78.9 Å². The van der Waals surface area contributed by atoms with Crippen LogP contribution >= 0.6 is 0 Å². The van der Waals surface area contributed by atoms with Gasteiger partial charge in [-0.25, -0.2) is 12.7 Å². The average molecular weight is 431 g/mol. The lowest BCUT2D eigenvalue weighted by molar-refractivity contribution is -0.128. The number of aromatic nitrogens is 1. The smallest absolute Gasteiger partial charge is 0.248 e. The normalized spacial score (nSPS) is 16.5. The monoisotopic (exact) mass is 430 g/mol. The van der Waals surface area contributed by atoms with E-state index in [9.17, 15) is 13.2 Å². The second kappa shape index (κ2) is 7.39. The maximum Gasteiger partial charge on any atom is 0.248 e. The van der Waals surface area contributed by atoms with Gasteiger partial charge in [0.1, 0.15) is 0 Å². The predicted octanol–water partition coefficient (Wildman–Crippen LogP) is 4.12. The lowest BCUT2D eigenvalue weighted by Crippen LogP contribution is -2.43. The number of sulfonamides is 1. The predicted molar refractivity (Wildman–Crippen MR) is 121 cm³/mol. The number of benzene rings is 3. The van der Waals surface area contributed by atoms with Crippen LogP contribution in [-0.4, -0.2) is 29.5 Å². The Morgan fingerprint density at radius 2 is 1.48 bits per heavy atom. The number of carbonyl (C=O) groups excluding carboxylic acids is 1. The zero-order chi connectivity index (χ0) is 21.6. The minimum atomic E-state index is -3.72. The first-order valence-corrected chi connectivity index (χ1v) is 12.0. The highest BCUT2D eigenvalue weighted by Crippen LogP contribution is 2.42. The first kappa shape index (κ1) is 19.6. The molecule has 1 amide bonds. The zero-order valence-electron chi connectivity index (χ0n) is 17.1. The molecule has 1 unspecified atom stereocenters. The van der Waals surface area contributed by atoms with Crippen molar-refractivity contribution in [3.05, 3.63) is 107 Å². The Kier molecular flexibility index (Phi) is 4.67. The van der Waals surface area contributed by atoms with Crippen LogP contribution in [0.5, 0.6) is 0 Å². The largest absolute Gasteiger partial charge is 0.338 e. The maximum absolute atomic E-state index is 13.5. The second-order valence-corrected chi connectivity index (χ2v) is 9.81. The molecule has 0 spiro atoms. The fourth-order valence-electron chi connectivity index (χ4n) is 4.54. The van der Waals surface area contributed by atoms with E-state index < -0.39 is 21.8 Å². The Morgan fingerprint density at radius 1 is 0.871 bits per heavy atom. The van der Waals surface area contributed by atoms with Gasteiger partial charge in [0.05, 0.1) is 18.7 Å². The molecule has 1 aromatic heterocycles. The minimum absolute atomic E-state index is 0.0395. The Hall–Kier alpha value is -3.38. The number of rotatable bonds is 4. The summed E-state index contributed by atoms with van der Waals surface area (Å²) in [5.74, 6) is -1.06. The van der Waals surface area contributed by atoms with Crippen LogP contribution in [0.2, 0.25) is 0 Å². The molecule has 6 heteroatoms. The first-order valence-electron chi connectivity index (χ1n) is 10.2. The number of nitrogens with zero attached hydrogens (tertiary/aromatic N) is 2. The molecule has 31 heavy (non-hydrogen) atoms. The van der Waals surface area contributed by atoms with Gasteiger partial charge in [-0.3, -0.25) is 4.79 Å². The molecular weight excluding hydrogens is 408 g/mol. The van der Waals surface area contributed by atoms with E-state index in [0.717, 1.165) is 43.8 Å². The molecule has 0 fully saturated rings. The standard InChI is InChI=1S/C25H22N2O3S/c1-31(29,30)27-17-22-24(23(25(27)28)19-12-6-3-7-13-19)20-14-8-9-15-21(20)26(22)16-18-10-4-2-5-11-18/h2-15,23H,16-17H2,1H3. The highest BCUT2D eigenvalue weighted by Gasteiger charge is 2.41. The summed E-state index contributed by atoms with van der Waals surface area (Å²) in [6.45, 7) is 0.641. The maximum atomic E-state index is 13.5. The molecule has 0 saturated carbocycles. The van der Waals surface area contributed by atoms with E-state index in [1.165, 1.54) is 0 Å². The number of hydrogen-bond acceptors (Lipinski definition) is 3. The highest BCUT2D eigenvalue weighted by molar-refractivity contribution is 7.88. The lowest BCUT2D eigenvalue weighted by atomic mass is 9.86. The number of para-hydroxylation sites is 1. The summed E-state index contributed by atoms with van der Waals surface area (Å²) in [5, 5.41) is 0.990. The third-order valence-corrected chi connectivity index (χ3v) is 7.02. The van der Waals surface area contributed by atoms with Crippen molar-refractivity contribution >= 4 is 26.8 Å². The van der Waals surface area contributed by atoms with Gasteiger partial charge in [-0.2, -0.15) is 0 Å². The van der Waals surface area contributed by atoms with E-state index in [4.69, 9.17) is 0 Å². The fraction of sp³-hybridized carbons (Fsp3) is 0.160.